The van der Waals surface area contributed by atoms with Crippen molar-refractivity contribution in [1.82, 2.24) is 10.2 Å². The average molecular weight is 367 g/mol. The second-order valence-corrected chi connectivity index (χ2v) is 6.94. The van der Waals surface area contributed by atoms with Gasteiger partial charge in [0.2, 0.25) is 5.91 Å². The maximum absolute atomic E-state index is 12.3. The molecule has 1 aromatic carbocycles. The molecule has 2 heterocycles. The van der Waals surface area contributed by atoms with Crippen molar-refractivity contribution in [2.75, 3.05) is 13.1 Å². The fourth-order valence-electron chi connectivity index (χ4n) is 2.82. The number of carbonyl (C=O) groups is 3. The monoisotopic (exact) mass is 366 g/mol. The van der Waals surface area contributed by atoms with Crippen LogP contribution in [0, 0.1) is 0 Å². The number of fused-ring (bicyclic) bond motifs is 1. The number of hydrogen-bond donors (Lipinski definition) is 2. The van der Waals surface area contributed by atoms with Crippen LogP contribution in [0.25, 0.3) is 10.1 Å². The number of hydrogen-bond acceptors (Lipinski definition) is 4. The SMILES string of the molecule is O=C(NCC(=O)N1CCCC1C(=O)O)c1sc2ccccc2c1Cl. The van der Waals surface area contributed by atoms with Gasteiger partial charge in [-0.1, -0.05) is 29.8 Å². The molecule has 0 aliphatic carbocycles. The molecule has 2 amide bonds. The number of thiophene rings is 1. The van der Waals surface area contributed by atoms with Crippen molar-refractivity contribution in [2.24, 2.45) is 0 Å². The predicted octanol–water partition coefficient (Wildman–Crippen LogP) is 2.36. The molecule has 3 rings (SSSR count). The Kier molecular flexibility index (Phi) is 4.73. The van der Waals surface area contributed by atoms with Crippen molar-refractivity contribution in [3.63, 3.8) is 0 Å². The van der Waals surface area contributed by atoms with E-state index in [2.05, 4.69) is 5.32 Å². The van der Waals surface area contributed by atoms with Gasteiger partial charge in [-0.05, 0) is 18.9 Å². The minimum Gasteiger partial charge on any atom is -0.480 e. The first-order valence-corrected chi connectivity index (χ1v) is 8.66. The summed E-state index contributed by atoms with van der Waals surface area (Å²) in [4.78, 5) is 37.2. The molecule has 126 valence electrons. The molecule has 6 nitrogen and oxygen atoms in total. The Hall–Kier alpha value is -2.12. The number of nitrogens with one attached hydrogen (secondary N) is 1. The van der Waals surface area contributed by atoms with E-state index in [1.807, 2.05) is 24.3 Å². The molecule has 1 saturated heterocycles. The van der Waals surface area contributed by atoms with Crippen LogP contribution in [0.15, 0.2) is 24.3 Å². The molecule has 0 spiro atoms. The topological polar surface area (TPSA) is 86.7 Å². The highest BCUT2D eigenvalue weighted by Crippen LogP contribution is 2.34. The smallest absolute Gasteiger partial charge is 0.326 e. The fraction of sp³-hybridized carbons (Fsp3) is 0.312. The van der Waals surface area contributed by atoms with E-state index in [1.54, 1.807) is 0 Å². The first-order valence-electron chi connectivity index (χ1n) is 7.46. The highest BCUT2D eigenvalue weighted by molar-refractivity contribution is 7.21. The van der Waals surface area contributed by atoms with Gasteiger partial charge in [0.05, 0.1) is 11.6 Å². The maximum atomic E-state index is 12.3. The average Bonchev–Trinajstić information content (AvgIpc) is 3.18. The highest BCUT2D eigenvalue weighted by atomic mass is 35.5. The number of halogens is 1. The van der Waals surface area contributed by atoms with E-state index in [4.69, 9.17) is 16.7 Å². The third kappa shape index (κ3) is 3.09. The molecule has 0 bridgehead atoms. The summed E-state index contributed by atoms with van der Waals surface area (Å²) in [5.41, 5.74) is 0. The van der Waals surface area contributed by atoms with Gasteiger partial charge >= 0.3 is 5.97 Å². The summed E-state index contributed by atoms with van der Waals surface area (Å²) in [5.74, 6) is -1.84. The summed E-state index contributed by atoms with van der Waals surface area (Å²) in [7, 11) is 0. The third-order valence-electron chi connectivity index (χ3n) is 4.00. The largest absolute Gasteiger partial charge is 0.480 e. The van der Waals surface area contributed by atoms with Crippen molar-refractivity contribution in [1.29, 1.82) is 0 Å². The predicted molar refractivity (Wildman–Crippen MR) is 91.5 cm³/mol. The second-order valence-electron chi connectivity index (χ2n) is 5.51. The van der Waals surface area contributed by atoms with Gasteiger partial charge in [0.15, 0.2) is 0 Å². The molecule has 8 heteroatoms. The number of carboxylic acid groups (broad SMARTS) is 1. The molecule has 1 aromatic heterocycles. The van der Waals surface area contributed by atoms with Gasteiger partial charge in [0, 0.05) is 16.6 Å². The van der Waals surface area contributed by atoms with Crippen molar-refractivity contribution < 1.29 is 19.5 Å². The minimum atomic E-state index is -1.01. The first kappa shape index (κ1) is 16.7. The Balaban J connectivity index is 1.67. The van der Waals surface area contributed by atoms with Crippen molar-refractivity contribution in [3.8, 4) is 0 Å². The quantitative estimate of drug-likeness (QED) is 0.869. The fourth-order valence-corrected chi connectivity index (χ4v) is 4.25. The number of nitrogens with zero attached hydrogens (tertiary/aromatic N) is 1. The lowest BCUT2D eigenvalue weighted by atomic mass is 10.2. The second kappa shape index (κ2) is 6.78. The number of likely N-dealkylation sites (tertiary alicyclic amines) is 1. The maximum Gasteiger partial charge on any atom is 0.326 e. The summed E-state index contributed by atoms with van der Waals surface area (Å²) in [5, 5.41) is 12.8. The van der Waals surface area contributed by atoms with E-state index in [1.165, 1.54) is 16.2 Å². The summed E-state index contributed by atoms with van der Waals surface area (Å²) < 4.78 is 0.893. The molecule has 1 fully saturated rings. The van der Waals surface area contributed by atoms with E-state index < -0.39 is 23.8 Å². The van der Waals surface area contributed by atoms with Gasteiger partial charge in [-0.2, -0.15) is 0 Å². The number of carboxylic acids is 1. The minimum absolute atomic E-state index is 0.243. The zero-order valence-electron chi connectivity index (χ0n) is 12.6. The van der Waals surface area contributed by atoms with Gasteiger partial charge in [0.25, 0.3) is 5.91 Å². The molecular formula is C16H15ClN2O4S. The zero-order chi connectivity index (χ0) is 17.3. The van der Waals surface area contributed by atoms with Crippen LogP contribution in [0.4, 0.5) is 0 Å². The number of aliphatic carboxylic acids is 1. The molecular weight excluding hydrogens is 352 g/mol. The van der Waals surface area contributed by atoms with Gasteiger partial charge in [0.1, 0.15) is 10.9 Å². The van der Waals surface area contributed by atoms with E-state index >= 15 is 0 Å². The first-order chi connectivity index (χ1) is 11.5. The Labute approximate surface area is 147 Å². The lowest BCUT2D eigenvalue weighted by molar-refractivity contribution is -0.147. The Morgan fingerprint density at radius 2 is 2.08 bits per heavy atom. The number of amides is 2. The zero-order valence-corrected chi connectivity index (χ0v) is 14.2. The standard InChI is InChI=1S/C16H15ClN2O4S/c17-13-9-4-1-2-6-11(9)24-14(13)15(21)18-8-12(20)19-7-3-5-10(19)16(22)23/h1-2,4,6,10H,3,5,7-8H2,(H,18,21)(H,22,23). The van der Waals surface area contributed by atoms with Crippen molar-refractivity contribution in [2.45, 2.75) is 18.9 Å². The van der Waals surface area contributed by atoms with Crippen molar-refractivity contribution >= 4 is 50.8 Å². The van der Waals surface area contributed by atoms with Crippen LogP contribution in [-0.4, -0.2) is 46.9 Å². The Bertz CT molecular complexity index is 820. The molecule has 1 atom stereocenters. The summed E-state index contributed by atoms with van der Waals surface area (Å²) in [6, 6.07) is 6.60. The molecule has 1 aliphatic heterocycles. The van der Waals surface area contributed by atoms with Gasteiger partial charge in [-0.15, -0.1) is 11.3 Å². The normalized spacial score (nSPS) is 17.2. The van der Waals surface area contributed by atoms with Crippen molar-refractivity contribution in [3.05, 3.63) is 34.2 Å². The highest BCUT2D eigenvalue weighted by Gasteiger charge is 2.33. The number of rotatable bonds is 4. The van der Waals surface area contributed by atoms with Crippen LogP contribution in [-0.2, 0) is 9.59 Å². The Morgan fingerprint density at radius 3 is 2.79 bits per heavy atom. The van der Waals surface area contributed by atoms with E-state index in [-0.39, 0.29) is 6.54 Å². The Morgan fingerprint density at radius 1 is 1.33 bits per heavy atom. The molecule has 24 heavy (non-hydrogen) atoms. The van der Waals surface area contributed by atoms with Gasteiger partial charge in [-0.3, -0.25) is 9.59 Å². The third-order valence-corrected chi connectivity index (χ3v) is 5.67. The van der Waals surface area contributed by atoms with E-state index in [0.29, 0.717) is 29.3 Å². The molecule has 1 aliphatic rings. The van der Waals surface area contributed by atoms with Gasteiger partial charge < -0.3 is 15.3 Å². The van der Waals surface area contributed by atoms with E-state index in [9.17, 15) is 14.4 Å². The van der Waals surface area contributed by atoms with Crippen LogP contribution in [0.3, 0.4) is 0 Å². The molecule has 0 radical (unpaired) electrons. The molecule has 2 aromatic rings. The summed E-state index contributed by atoms with van der Waals surface area (Å²) in [6.07, 6.45) is 1.09. The molecule has 2 N–H and O–H groups in total. The lowest BCUT2D eigenvalue weighted by Gasteiger charge is -2.21. The summed E-state index contributed by atoms with van der Waals surface area (Å²) in [6.45, 7) is 0.155. The summed E-state index contributed by atoms with van der Waals surface area (Å²) >= 11 is 7.49. The van der Waals surface area contributed by atoms with Crippen LogP contribution in [0.2, 0.25) is 5.02 Å². The number of benzene rings is 1. The van der Waals surface area contributed by atoms with Gasteiger partial charge in [-0.25, -0.2) is 4.79 Å². The lowest BCUT2D eigenvalue weighted by Crippen LogP contribution is -2.45. The number of carbonyl (C=O) groups excluding carboxylic acids is 2. The van der Waals surface area contributed by atoms with E-state index in [0.717, 1.165) is 10.1 Å². The molecule has 1 unspecified atom stereocenters. The van der Waals surface area contributed by atoms with Crippen LogP contribution >= 0.6 is 22.9 Å². The molecule has 0 saturated carbocycles. The van der Waals surface area contributed by atoms with Crippen LogP contribution in [0.1, 0.15) is 22.5 Å². The van der Waals surface area contributed by atoms with Crippen LogP contribution < -0.4 is 5.32 Å². The van der Waals surface area contributed by atoms with Crippen LogP contribution in [0.5, 0.6) is 0 Å².